The van der Waals surface area contributed by atoms with E-state index in [0.717, 1.165) is 38.7 Å². The third-order valence-corrected chi connectivity index (χ3v) is 6.83. The topological polar surface area (TPSA) is 75.7 Å². The zero-order valence-corrected chi connectivity index (χ0v) is 15.2. The monoisotopic (exact) mass is 368 g/mol. The number of amides is 3. The molecule has 3 amide bonds. The van der Waals surface area contributed by atoms with E-state index in [1.54, 1.807) is 24.3 Å². The number of hydrogen-bond acceptors (Lipinski definition) is 4. The zero-order chi connectivity index (χ0) is 18.5. The Balaban J connectivity index is 1.40. The number of para-hydroxylation sites is 1. The lowest BCUT2D eigenvalue weighted by Crippen LogP contribution is -2.36. The van der Waals surface area contributed by atoms with Gasteiger partial charge < -0.3 is 10.1 Å². The van der Waals surface area contributed by atoms with Crippen LogP contribution in [0.25, 0.3) is 0 Å². The molecular formula is C21H24N2O4. The lowest BCUT2D eigenvalue weighted by molar-refractivity contribution is -0.123. The van der Waals surface area contributed by atoms with Crippen molar-refractivity contribution in [1.82, 2.24) is 5.32 Å². The molecule has 6 nitrogen and oxygen atoms in total. The molecule has 2 aliphatic carbocycles. The van der Waals surface area contributed by atoms with E-state index >= 15 is 0 Å². The third kappa shape index (κ3) is 2.61. The van der Waals surface area contributed by atoms with E-state index in [9.17, 15) is 14.4 Å². The fourth-order valence-electron chi connectivity index (χ4n) is 5.61. The van der Waals surface area contributed by atoms with Crippen molar-refractivity contribution in [2.45, 2.75) is 38.2 Å². The number of benzene rings is 1. The highest BCUT2D eigenvalue weighted by molar-refractivity contribution is 6.24. The Morgan fingerprint density at radius 2 is 1.78 bits per heavy atom. The molecule has 27 heavy (non-hydrogen) atoms. The summed E-state index contributed by atoms with van der Waals surface area (Å²) in [6.07, 6.45) is 5.09. The molecule has 1 aromatic rings. The molecule has 0 spiro atoms. The average molecular weight is 368 g/mol. The molecule has 0 unspecified atom stereocenters. The maximum absolute atomic E-state index is 13.1. The Hall–Kier alpha value is -2.21. The molecule has 4 fully saturated rings. The zero-order valence-electron chi connectivity index (χ0n) is 15.2. The van der Waals surface area contributed by atoms with Crippen LogP contribution in [-0.2, 0) is 14.3 Å². The molecule has 2 saturated carbocycles. The minimum Gasteiger partial charge on any atom is -0.376 e. The maximum atomic E-state index is 13.1. The minimum atomic E-state index is -0.262. The lowest BCUT2D eigenvalue weighted by atomic mass is 9.81. The number of imide groups is 1. The molecule has 5 rings (SSSR count). The van der Waals surface area contributed by atoms with Gasteiger partial charge in [-0.05, 0) is 56.1 Å². The van der Waals surface area contributed by atoms with Gasteiger partial charge in [0.1, 0.15) is 0 Å². The molecule has 4 aliphatic rings. The first-order chi connectivity index (χ1) is 13.1. The SMILES string of the molecule is O=C(NC[C@@H]1CCCO1)c1ccccc1N1C(=O)[C@@H]2[C@H]3CC[C@@H](C3)[C@@H]2C1=O. The number of nitrogens with zero attached hydrogens (tertiary/aromatic N) is 1. The van der Waals surface area contributed by atoms with Crippen LogP contribution in [0.3, 0.4) is 0 Å². The second kappa shape index (κ2) is 6.44. The van der Waals surface area contributed by atoms with Crippen molar-refractivity contribution in [1.29, 1.82) is 0 Å². The van der Waals surface area contributed by atoms with Crippen LogP contribution in [0, 0.1) is 23.7 Å². The van der Waals surface area contributed by atoms with Gasteiger partial charge in [0.05, 0.1) is 29.2 Å². The van der Waals surface area contributed by atoms with Crippen molar-refractivity contribution in [3.8, 4) is 0 Å². The molecule has 6 heteroatoms. The Morgan fingerprint density at radius 3 is 2.44 bits per heavy atom. The minimum absolute atomic E-state index is 0.0474. The first-order valence-corrected chi connectivity index (χ1v) is 10.0. The molecule has 0 radical (unpaired) electrons. The van der Waals surface area contributed by atoms with Crippen molar-refractivity contribution < 1.29 is 19.1 Å². The molecule has 2 aliphatic heterocycles. The number of anilines is 1. The summed E-state index contributed by atoms with van der Waals surface area (Å²) in [7, 11) is 0. The average Bonchev–Trinajstić information content (AvgIpc) is 3.45. The largest absolute Gasteiger partial charge is 0.376 e. The molecule has 142 valence electrons. The van der Waals surface area contributed by atoms with Crippen LogP contribution < -0.4 is 10.2 Å². The van der Waals surface area contributed by atoms with E-state index in [-0.39, 0.29) is 35.7 Å². The summed E-state index contributed by atoms with van der Waals surface area (Å²) >= 11 is 0. The summed E-state index contributed by atoms with van der Waals surface area (Å²) in [6.45, 7) is 1.18. The summed E-state index contributed by atoms with van der Waals surface area (Å²) < 4.78 is 5.55. The quantitative estimate of drug-likeness (QED) is 0.826. The van der Waals surface area contributed by atoms with Gasteiger partial charge in [0, 0.05) is 13.2 Å². The van der Waals surface area contributed by atoms with Crippen molar-refractivity contribution >= 4 is 23.4 Å². The van der Waals surface area contributed by atoms with E-state index in [4.69, 9.17) is 4.74 Å². The molecule has 2 heterocycles. The number of ether oxygens (including phenoxy) is 1. The number of carbonyl (C=O) groups excluding carboxylic acids is 3. The van der Waals surface area contributed by atoms with Gasteiger partial charge in [0.2, 0.25) is 11.8 Å². The Kier molecular flexibility index (Phi) is 4.04. The molecule has 1 aromatic carbocycles. The third-order valence-electron chi connectivity index (χ3n) is 6.83. The molecule has 2 bridgehead atoms. The van der Waals surface area contributed by atoms with Crippen molar-refractivity contribution in [2.24, 2.45) is 23.7 Å². The van der Waals surface area contributed by atoms with Gasteiger partial charge in [-0.25, -0.2) is 4.90 Å². The number of fused-ring (bicyclic) bond motifs is 5. The first kappa shape index (κ1) is 16.9. The molecule has 0 aromatic heterocycles. The second-order valence-electron chi connectivity index (χ2n) is 8.26. The van der Waals surface area contributed by atoms with E-state index in [2.05, 4.69) is 5.32 Å². The number of nitrogens with one attached hydrogen (secondary N) is 1. The predicted molar refractivity (Wildman–Crippen MR) is 98.1 cm³/mol. The molecule has 5 atom stereocenters. The fourth-order valence-corrected chi connectivity index (χ4v) is 5.61. The van der Waals surface area contributed by atoms with Crippen LogP contribution in [0.5, 0.6) is 0 Å². The van der Waals surface area contributed by atoms with Crippen molar-refractivity contribution in [3.63, 3.8) is 0 Å². The van der Waals surface area contributed by atoms with Crippen molar-refractivity contribution in [3.05, 3.63) is 29.8 Å². The van der Waals surface area contributed by atoms with Crippen LogP contribution in [0.2, 0.25) is 0 Å². The smallest absolute Gasteiger partial charge is 0.253 e. The van der Waals surface area contributed by atoms with Gasteiger partial charge in [-0.1, -0.05) is 12.1 Å². The molecular weight excluding hydrogens is 344 g/mol. The van der Waals surface area contributed by atoms with Crippen LogP contribution >= 0.6 is 0 Å². The number of carbonyl (C=O) groups is 3. The Labute approximate surface area is 158 Å². The fraction of sp³-hybridized carbons (Fsp3) is 0.571. The first-order valence-electron chi connectivity index (χ1n) is 10.0. The van der Waals surface area contributed by atoms with E-state index < -0.39 is 0 Å². The summed E-state index contributed by atoms with van der Waals surface area (Å²) in [5.41, 5.74) is 0.802. The number of rotatable bonds is 4. The van der Waals surface area contributed by atoms with Gasteiger partial charge in [0.15, 0.2) is 0 Å². The van der Waals surface area contributed by atoms with Gasteiger partial charge in [0.25, 0.3) is 5.91 Å². The van der Waals surface area contributed by atoms with E-state index in [1.807, 2.05) is 0 Å². The van der Waals surface area contributed by atoms with E-state index in [0.29, 0.717) is 29.6 Å². The van der Waals surface area contributed by atoms with Crippen LogP contribution in [-0.4, -0.2) is 37.0 Å². The maximum Gasteiger partial charge on any atom is 0.253 e. The van der Waals surface area contributed by atoms with Crippen molar-refractivity contribution in [2.75, 3.05) is 18.1 Å². The highest BCUT2D eigenvalue weighted by Gasteiger charge is 2.61. The van der Waals surface area contributed by atoms with Gasteiger partial charge in [-0.2, -0.15) is 0 Å². The van der Waals surface area contributed by atoms with Crippen LogP contribution in [0.15, 0.2) is 24.3 Å². The summed E-state index contributed by atoms with van der Waals surface area (Å²) in [4.78, 5) is 40.2. The lowest BCUT2D eigenvalue weighted by Gasteiger charge is -2.20. The van der Waals surface area contributed by atoms with Crippen LogP contribution in [0.1, 0.15) is 42.5 Å². The predicted octanol–water partition coefficient (Wildman–Crippen LogP) is 2.13. The van der Waals surface area contributed by atoms with E-state index in [1.165, 1.54) is 4.90 Å². The second-order valence-corrected chi connectivity index (χ2v) is 8.26. The Morgan fingerprint density at radius 1 is 1.07 bits per heavy atom. The molecule has 1 N–H and O–H groups in total. The standard InChI is InChI=1S/C21H24N2O4/c24-19(22-11-14-4-3-9-27-14)15-5-1-2-6-16(15)23-20(25)17-12-7-8-13(10-12)18(17)21(23)26/h1-2,5-6,12-14,17-18H,3-4,7-11H2,(H,22,24)/t12-,13-,14-,17-,18+/m0/s1. The van der Waals surface area contributed by atoms with Gasteiger partial charge in [-0.3, -0.25) is 14.4 Å². The number of hydrogen-bond donors (Lipinski definition) is 1. The van der Waals surface area contributed by atoms with Gasteiger partial charge >= 0.3 is 0 Å². The highest BCUT2D eigenvalue weighted by atomic mass is 16.5. The Bertz CT molecular complexity index is 773. The van der Waals surface area contributed by atoms with Gasteiger partial charge in [-0.15, -0.1) is 0 Å². The summed E-state index contributed by atoms with van der Waals surface area (Å²) in [5, 5.41) is 2.90. The summed E-state index contributed by atoms with van der Waals surface area (Å²) in [6, 6.07) is 6.93. The summed E-state index contributed by atoms with van der Waals surface area (Å²) in [5.74, 6) is -0.183. The van der Waals surface area contributed by atoms with Crippen LogP contribution in [0.4, 0.5) is 5.69 Å². The highest BCUT2D eigenvalue weighted by Crippen LogP contribution is 2.56. The normalized spacial score (nSPS) is 34.4. The molecule has 2 saturated heterocycles.